The fraction of sp³-hybridized carbons (Fsp3) is 0.200. The molecule has 14 heavy (non-hydrogen) atoms. The Morgan fingerprint density at radius 2 is 2.29 bits per heavy atom. The van der Waals surface area contributed by atoms with Crippen LogP contribution >= 0.6 is 0 Å². The van der Waals surface area contributed by atoms with Gasteiger partial charge in [0.15, 0.2) is 0 Å². The lowest BCUT2D eigenvalue weighted by atomic mass is 10.0. The predicted molar refractivity (Wildman–Crippen MR) is 50.3 cm³/mol. The zero-order valence-corrected chi connectivity index (χ0v) is 7.60. The van der Waals surface area contributed by atoms with Gasteiger partial charge in [0.2, 0.25) is 6.08 Å². The summed E-state index contributed by atoms with van der Waals surface area (Å²) < 4.78 is 0. The van der Waals surface area contributed by atoms with Crippen LogP contribution in [-0.2, 0) is 9.59 Å². The summed E-state index contributed by atoms with van der Waals surface area (Å²) in [6.45, 7) is 1.58. The summed E-state index contributed by atoms with van der Waals surface area (Å²) in [6, 6.07) is 6.51. The standard InChI is InChI=1S/C10H9NO3/c1-7(10(13)14)8-3-2-4-9(5-8)11-6-12/h2-5,7H,1H3,(H,13,14)/t7-/m0/s1. The molecule has 0 radical (unpaired) electrons. The molecule has 4 nitrogen and oxygen atoms in total. The third kappa shape index (κ3) is 2.28. The fourth-order valence-electron chi connectivity index (χ4n) is 1.06. The molecule has 0 aliphatic carbocycles. The van der Waals surface area contributed by atoms with Gasteiger partial charge >= 0.3 is 5.97 Å². The lowest BCUT2D eigenvalue weighted by molar-refractivity contribution is -0.138. The van der Waals surface area contributed by atoms with Crippen LogP contribution in [-0.4, -0.2) is 17.2 Å². The minimum absolute atomic E-state index is 0.422. The number of hydrogen-bond acceptors (Lipinski definition) is 3. The van der Waals surface area contributed by atoms with Gasteiger partial charge in [-0.3, -0.25) is 4.79 Å². The normalized spacial score (nSPS) is 11.5. The molecule has 4 heteroatoms. The van der Waals surface area contributed by atoms with E-state index in [1.54, 1.807) is 31.2 Å². The van der Waals surface area contributed by atoms with E-state index >= 15 is 0 Å². The molecule has 0 amide bonds. The third-order valence-corrected chi connectivity index (χ3v) is 1.92. The maximum atomic E-state index is 10.7. The number of benzene rings is 1. The summed E-state index contributed by atoms with van der Waals surface area (Å²) in [5.41, 5.74) is 1.04. The van der Waals surface area contributed by atoms with E-state index in [0.717, 1.165) is 0 Å². The average molecular weight is 191 g/mol. The highest BCUT2D eigenvalue weighted by Gasteiger charge is 2.13. The highest BCUT2D eigenvalue weighted by molar-refractivity contribution is 5.76. The Labute approximate surface area is 80.9 Å². The van der Waals surface area contributed by atoms with Gasteiger partial charge in [-0.05, 0) is 24.6 Å². The van der Waals surface area contributed by atoms with E-state index in [0.29, 0.717) is 11.3 Å². The van der Waals surface area contributed by atoms with Gasteiger partial charge in [-0.2, -0.15) is 4.99 Å². The second-order valence-corrected chi connectivity index (χ2v) is 2.86. The maximum Gasteiger partial charge on any atom is 0.310 e. The number of aliphatic imine (C=N–C) groups is 1. The quantitative estimate of drug-likeness (QED) is 0.585. The van der Waals surface area contributed by atoms with Crippen molar-refractivity contribution in [1.82, 2.24) is 0 Å². The average Bonchev–Trinajstić information content (AvgIpc) is 2.17. The number of hydrogen-bond donors (Lipinski definition) is 1. The van der Waals surface area contributed by atoms with Gasteiger partial charge in [0, 0.05) is 0 Å². The summed E-state index contributed by atoms with van der Waals surface area (Å²) in [5, 5.41) is 8.75. The van der Waals surface area contributed by atoms with Crippen molar-refractivity contribution in [3.63, 3.8) is 0 Å². The number of rotatable bonds is 3. The van der Waals surface area contributed by atoms with E-state index in [-0.39, 0.29) is 0 Å². The zero-order valence-electron chi connectivity index (χ0n) is 7.60. The smallest absolute Gasteiger partial charge is 0.310 e. The van der Waals surface area contributed by atoms with Gasteiger partial charge in [-0.15, -0.1) is 0 Å². The van der Waals surface area contributed by atoms with Gasteiger partial charge in [0.05, 0.1) is 11.6 Å². The number of carboxylic acid groups (broad SMARTS) is 1. The number of carbonyl (C=O) groups is 1. The number of nitrogens with zero attached hydrogens (tertiary/aromatic N) is 1. The van der Waals surface area contributed by atoms with E-state index < -0.39 is 11.9 Å². The molecular formula is C10H9NO3. The molecule has 0 heterocycles. The number of aliphatic carboxylic acids is 1. The van der Waals surface area contributed by atoms with Crippen molar-refractivity contribution >= 4 is 17.7 Å². The molecule has 0 saturated carbocycles. The van der Waals surface area contributed by atoms with E-state index in [9.17, 15) is 9.59 Å². The molecule has 1 rings (SSSR count). The Bertz CT molecular complexity index is 394. The second-order valence-electron chi connectivity index (χ2n) is 2.86. The summed E-state index contributed by atoms with van der Waals surface area (Å²) in [7, 11) is 0. The van der Waals surface area contributed by atoms with Crippen LogP contribution in [0.5, 0.6) is 0 Å². The van der Waals surface area contributed by atoms with Crippen molar-refractivity contribution in [3.8, 4) is 0 Å². The Morgan fingerprint density at radius 1 is 1.57 bits per heavy atom. The van der Waals surface area contributed by atoms with E-state index in [4.69, 9.17) is 5.11 Å². The summed E-state index contributed by atoms with van der Waals surface area (Å²) >= 11 is 0. The molecule has 0 fully saturated rings. The molecule has 1 aromatic rings. The van der Waals surface area contributed by atoms with Gasteiger partial charge in [-0.25, -0.2) is 4.79 Å². The van der Waals surface area contributed by atoms with Crippen molar-refractivity contribution in [1.29, 1.82) is 0 Å². The Kier molecular flexibility index (Phi) is 3.15. The molecular weight excluding hydrogens is 182 g/mol. The van der Waals surface area contributed by atoms with Gasteiger partial charge in [-0.1, -0.05) is 12.1 Å². The van der Waals surface area contributed by atoms with Gasteiger partial charge in [0.25, 0.3) is 0 Å². The van der Waals surface area contributed by atoms with Crippen LogP contribution in [0.25, 0.3) is 0 Å². The molecule has 1 N–H and O–H groups in total. The van der Waals surface area contributed by atoms with Gasteiger partial charge in [0.1, 0.15) is 0 Å². The lowest BCUT2D eigenvalue weighted by Gasteiger charge is -2.05. The molecule has 0 spiro atoms. The van der Waals surface area contributed by atoms with Crippen LogP contribution in [0.2, 0.25) is 0 Å². The lowest BCUT2D eigenvalue weighted by Crippen LogP contribution is -2.06. The highest BCUT2D eigenvalue weighted by Crippen LogP contribution is 2.20. The monoisotopic (exact) mass is 191 g/mol. The number of carbonyl (C=O) groups excluding carboxylic acids is 1. The molecule has 1 aromatic carbocycles. The van der Waals surface area contributed by atoms with E-state index in [1.165, 1.54) is 6.08 Å². The molecule has 0 aliphatic rings. The van der Waals surface area contributed by atoms with Crippen LogP contribution in [0.3, 0.4) is 0 Å². The van der Waals surface area contributed by atoms with Crippen molar-refractivity contribution in [2.24, 2.45) is 4.99 Å². The van der Waals surface area contributed by atoms with Crippen molar-refractivity contribution in [3.05, 3.63) is 29.8 Å². The minimum atomic E-state index is -0.905. The number of isocyanates is 1. The van der Waals surface area contributed by atoms with E-state index in [1.807, 2.05) is 0 Å². The Balaban J connectivity index is 3.04. The predicted octanol–water partition coefficient (Wildman–Crippen LogP) is 1.84. The van der Waals surface area contributed by atoms with Crippen LogP contribution in [0.15, 0.2) is 29.3 Å². The third-order valence-electron chi connectivity index (χ3n) is 1.92. The largest absolute Gasteiger partial charge is 0.481 e. The summed E-state index contributed by atoms with van der Waals surface area (Å²) in [6.07, 6.45) is 1.41. The first-order chi connectivity index (χ1) is 6.65. The molecule has 72 valence electrons. The first kappa shape index (κ1) is 10.2. The van der Waals surface area contributed by atoms with Crippen LogP contribution in [0.4, 0.5) is 5.69 Å². The fourth-order valence-corrected chi connectivity index (χ4v) is 1.06. The first-order valence-corrected chi connectivity index (χ1v) is 4.06. The van der Waals surface area contributed by atoms with Crippen LogP contribution in [0.1, 0.15) is 18.4 Å². The Morgan fingerprint density at radius 3 is 2.86 bits per heavy atom. The van der Waals surface area contributed by atoms with Crippen molar-refractivity contribution in [2.75, 3.05) is 0 Å². The molecule has 0 unspecified atom stereocenters. The maximum absolute atomic E-state index is 10.7. The minimum Gasteiger partial charge on any atom is -0.481 e. The van der Waals surface area contributed by atoms with Gasteiger partial charge < -0.3 is 5.11 Å². The number of carboxylic acids is 1. The summed E-state index contributed by atoms with van der Waals surface area (Å²) in [5.74, 6) is -1.51. The van der Waals surface area contributed by atoms with Crippen LogP contribution in [0, 0.1) is 0 Å². The highest BCUT2D eigenvalue weighted by atomic mass is 16.4. The SMILES string of the molecule is C[C@H](C(=O)O)c1cccc(N=C=O)c1. The van der Waals surface area contributed by atoms with Crippen molar-refractivity contribution < 1.29 is 14.7 Å². The molecule has 0 aromatic heterocycles. The zero-order chi connectivity index (χ0) is 10.6. The van der Waals surface area contributed by atoms with E-state index in [2.05, 4.69) is 4.99 Å². The second kappa shape index (κ2) is 4.35. The molecule has 0 saturated heterocycles. The first-order valence-electron chi connectivity index (χ1n) is 4.06. The topological polar surface area (TPSA) is 66.7 Å². The van der Waals surface area contributed by atoms with Crippen molar-refractivity contribution in [2.45, 2.75) is 12.8 Å². The van der Waals surface area contributed by atoms with Crippen LogP contribution < -0.4 is 0 Å². The molecule has 0 bridgehead atoms. The Hall–Kier alpha value is -1.93. The molecule has 1 atom stereocenters. The molecule has 0 aliphatic heterocycles. The summed E-state index contributed by atoms with van der Waals surface area (Å²) in [4.78, 5) is 24.1.